The molecular weight excluding hydrogens is 254 g/mol. The van der Waals surface area contributed by atoms with Crippen LogP contribution in [-0.2, 0) is 11.2 Å². The molecular formula is C15H27N3O2. The van der Waals surface area contributed by atoms with Crippen LogP contribution in [0, 0.1) is 0 Å². The molecule has 3 unspecified atom stereocenters. The van der Waals surface area contributed by atoms with Crippen LogP contribution in [0.15, 0.2) is 4.52 Å². The first-order valence-corrected chi connectivity index (χ1v) is 7.85. The van der Waals surface area contributed by atoms with Crippen molar-refractivity contribution in [3.05, 3.63) is 11.7 Å². The topological polar surface area (TPSA) is 74.2 Å². The normalized spacial score (nSPS) is 22.6. The molecule has 2 N–H and O–H groups in total. The van der Waals surface area contributed by atoms with Gasteiger partial charge in [0.2, 0.25) is 5.89 Å². The first kappa shape index (κ1) is 15.4. The second-order valence-electron chi connectivity index (χ2n) is 6.05. The summed E-state index contributed by atoms with van der Waals surface area (Å²) in [5.74, 6) is 1.84. The molecule has 5 heteroatoms. The van der Waals surface area contributed by atoms with Crippen LogP contribution >= 0.6 is 0 Å². The van der Waals surface area contributed by atoms with Crippen LogP contribution in [0.5, 0.6) is 0 Å². The van der Waals surface area contributed by atoms with Gasteiger partial charge in [-0.25, -0.2) is 0 Å². The van der Waals surface area contributed by atoms with Crippen molar-refractivity contribution in [2.75, 3.05) is 6.61 Å². The number of hydrogen-bond donors (Lipinski definition) is 1. The second kappa shape index (κ2) is 7.74. The van der Waals surface area contributed by atoms with Gasteiger partial charge in [0.1, 0.15) is 0 Å². The largest absolute Gasteiger partial charge is 0.378 e. The maximum absolute atomic E-state index is 5.76. The first-order chi connectivity index (χ1) is 9.65. The van der Waals surface area contributed by atoms with E-state index in [9.17, 15) is 0 Å². The van der Waals surface area contributed by atoms with Gasteiger partial charge in [-0.05, 0) is 39.0 Å². The zero-order valence-corrected chi connectivity index (χ0v) is 12.7. The number of ether oxygens (including phenoxy) is 1. The van der Waals surface area contributed by atoms with Gasteiger partial charge in [0, 0.05) is 25.0 Å². The van der Waals surface area contributed by atoms with Gasteiger partial charge < -0.3 is 15.0 Å². The van der Waals surface area contributed by atoms with Crippen LogP contribution < -0.4 is 5.73 Å². The van der Waals surface area contributed by atoms with Crippen molar-refractivity contribution in [2.45, 2.75) is 76.9 Å². The maximum atomic E-state index is 5.76. The van der Waals surface area contributed by atoms with E-state index in [0.29, 0.717) is 5.92 Å². The third kappa shape index (κ3) is 4.87. The van der Waals surface area contributed by atoms with Gasteiger partial charge in [0.25, 0.3) is 0 Å². The summed E-state index contributed by atoms with van der Waals surface area (Å²) in [5, 5.41) is 4.08. The molecule has 0 spiro atoms. The highest BCUT2D eigenvalue weighted by atomic mass is 16.5. The average Bonchev–Trinajstić information content (AvgIpc) is 2.88. The van der Waals surface area contributed by atoms with E-state index in [2.05, 4.69) is 17.1 Å². The molecule has 20 heavy (non-hydrogen) atoms. The lowest BCUT2D eigenvalue weighted by molar-refractivity contribution is 0.0153. The molecule has 0 radical (unpaired) electrons. The van der Waals surface area contributed by atoms with Crippen LogP contribution in [0.4, 0.5) is 0 Å². The van der Waals surface area contributed by atoms with Crippen molar-refractivity contribution in [1.29, 1.82) is 0 Å². The number of aromatic nitrogens is 2. The average molecular weight is 281 g/mol. The minimum absolute atomic E-state index is 0.266. The van der Waals surface area contributed by atoms with Crippen molar-refractivity contribution in [2.24, 2.45) is 5.73 Å². The lowest BCUT2D eigenvalue weighted by Gasteiger charge is -2.20. The Hall–Kier alpha value is -0.940. The summed E-state index contributed by atoms with van der Waals surface area (Å²) < 4.78 is 11.1. The van der Waals surface area contributed by atoms with Crippen molar-refractivity contribution in [1.82, 2.24) is 10.1 Å². The summed E-state index contributed by atoms with van der Waals surface area (Å²) in [6.45, 7) is 5.04. The molecule has 1 aliphatic heterocycles. The molecule has 1 aromatic rings. The van der Waals surface area contributed by atoms with Crippen molar-refractivity contribution in [3.8, 4) is 0 Å². The fourth-order valence-corrected chi connectivity index (χ4v) is 2.59. The minimum atomic E-state index is 0.266. The molecule has 2 rings (SSSR count). The van der Waals surface area contributed by atoms with E-state index in [-0.39, 0.29) is 12.1 Å². The van der Waals surface area contributed by atoms with E-state index in [1.165, 1.54) is 12.8 Å². The van der Waals surface area contributed by atoms with Gasteiger partial charge in [-0.1, -0.05) is 18.5 Å². The predicted molar refractivity (Wildman–Crippen MR) is 77.5 cm³/mol. The molecule has 5 nitrogen and oxygen atoms in total. The maximum Gasteiger partial charge on any atom is 0.229 e. The molecule has 0 saturated carbocycles. The molecule has 2 heterocycles. The third-order valence-electron chi connectivity index (χ3n) is 3.89. The SMILES string of the molecule is CC(N)CCCC(C)c1nc(CC2CCCCO2)no1. The summed E-state index contributed by atoms with van der Waals surface area (Å²) in [6.07, 6.45) is 7.74. The molecule has 114 valence electrons. The highest BCUT2D eigenvalue weighted by Gasteiger charge is 2.19. The van der Waals surface area contributed by atoms with E-state index in [1.54, 1.807) is 0 Å². The monoisotopic (exact) mass is 281 g/mol. The Bertz CT molecular complexity index is 386. The summed E-state index contributed by atoms with van der Waals surface area (Å²) in [7, 11) is 0. The Kier molecular flexibility index (Phi) is 5.98. The molecule has 1 aliphatic rings. The van der Waals surface area contributed by atoms with Crippen LogP contribution in [0.1, 0.15) is 70.0 Å². The summed E-state index contributed by atoms with van der Waals surface area (Å²) in [4.78, 5) is 4.51. The molecule has 1 aromatic heterocycles. The minimum Gasteiger partial charge on any atom is -0.378 e. The Morgan fingerprint density at radius 1 is 1.30 bits per heavy atom. The fourth-order valence-electron chi connectivity index (χ4n) is 2.59. The lowest BCUT2D eigenvalue weighted by atomic mass is 10.0. The van der Waals surface area contributed by atoms with Crippen LogP contribution in [-0.4, -0.2) is 28.9 Å². The second-order valence-corrected chi connectivity index (χ2v) is 6.05. The van der Waals surface area contributed by atoms with Crippen molar-refractivity contribution < 1.29 is 9.26 Å². The summed E-state index contributed by atoms with van der Waals surface area (Å²) in [5.41, 5.74) is 5.76. The Balaban J connectivity index is 1.78. The first-order valence-electron chi connectivity index (χ1n) is 7.85. The van der Waals surface area contributed by atoms with Crippen LogP contribution in [0.2, 0.25) is 0 Å². The van der Waals surface area contributed by atoms with E-state index < -0.39 is 0 Å². The third-order valence-corrected chi connectivity index (χ3v) is 3.89. The quantitative estimate of drug-likeness (QED) is 0.832. The number of rotatable bonds is 7. The van der Waals surface area contributed by atoms with Gasteiger partial charge in [-0.3, -0.25) is 0 Å². The summed E-state index contributed by atoms with van der Waals surface area (Å²) >= 11 is 0. The van der Waals surface area contributed by atoms with Crippen molar-refractivity contribution >= 4 is 0 Å². The van der Waals surface area contributed by atoms with E-state index >= 15 is 0 Å². The molecule has 1 saturated heterocycles. The van der Waals surface area contributed by atoms with Gasteiger partial charge in [-0.2, -0.15) is 4.98 Å². The zero-order chi connectivity index (χ0) is 14.4. The highest BCUT2D eigenvalue weighted by Crippen LogP contribution is 2.21. The zero-order valence-electron chi connectivity index (χ0n) is 12.7. The summed E-state index contributed by atoms with van der Waals surface area (Å²) in [6, 6.07) is 0.267. The fraction of sp³-hybridized carbons (Fsp3) is 0.867. The predicted octanol–water partition coefficient (Wildman–Crippen LogP) is 2.80. The van der Waals surface area contributed by atoms with Gasteiger partial charge in [-0.15, -0.1) is 0 Å². The van der Waals surface area contributed by atoms with E-state index in [0.717, 1.165) is 50.4 Å². The van der Waals surface area contributed by atoms with Crippen LogP contribution in [0.25, 0.3) is 0 Å². The number of hydrogen-bond acceptors (Lipinski definition) is 5. The van der Waals surface area contributed by atoms with Gasteiger partial charge in [0.05, 0.1) is 6.10 Å². The standard InChI is InChI=1S/C15H27N3O2/c1-11(6-5-7-12(2)16)15-17-14(18-20-15)10-13-8-3-4-9-19-13/h11-13H,3-10,16H2,1-2H3. The molecule has 0 aliphatic carbocycles. The number of nitrogens with zero attached hydrogens (tertiary/aromatic N) is 2. The molecule has 0 bridgehead atoms. The molecule has 0 aromatic carbocycles. The van der Waals surface area contributed by atoms with Crippen LogP contribution in [0.3, 0.4) is 0 Å². The number of nitrogens with two attached hydrogens (primary N) is 1. The highest BCUT2D eigenvalue weighted by molar-refractivity contribution is 4.94. The van der Waals surface area contributed by atoms with E-state index in [4.69, 9.17) is 15.0 Å². The molecule has 0 amide bonds. The smallest absolute Gasteiger partial charge is 0.229 e. The Morgan fingerprint density at radius 3 is 2.85 bits per heavy atom. The van der Waals surface area contributed by atoms with Gasteiger partial charge in [0.15, 0.2) is 5.82 Å². The Morgan fingerprint density at radius 2 is 2.15 bits per heavy atom. The van der Waals surface area contributed by atoms with Gasteiger partial charge >= 0.3 is 0 Å². The molecule has 3 atom stereocenters. The van der Waals surface area contributed by atoms with Crippen molar-refractivity contribution in [3.63, 3.8) is 0 Å². The Labute approximate surface area is 121 Å². The molecule has 1 fully saturated rings. The lowest BCUT2D eigenvalue weighted by Crippen LogP contribution is -2.21. The van der Waals surface area contributed by atoms with E-state index in [1.807, 2.05) is 6.92 Å².